The molecule has 8 heteroatoms. The van der Waals surface area contributed by atoms with Crippen LogP contribution in [-0.4, -0.2) is 34.2 Å². The number of para-hydroxylation sites is 1. The molecule has 0 aliphatic carbocycles. The first kappa shape index (κ1) is 20.6. The zero-order chi connectivity index (χ0) is 22.0. The van der Waals surface area contributed by atoms with Gasteiger partial charge in [-0.2, -0.15) is 4.98 Å². The number of hydrogen-bond donors (Lipinski definition) is 0. The molecule has 0 saturated heterocycles. The van der Waals surface area contributed by atoms with Crippen LogP contribution < -0.4 is 9.64 Å². The number of carbonyl (C=O) groups excluding carboxylic acids is 2. The number of aryl methyl sites for hydroxylation is 1. The van der Waals surface area contributed by atoms with E-state index in [9.17, 15) is 9.59 Å². The van der Waals surface area contributed by atoms with Gasteiger partial charge in [0.25, 0.3) is 5.91 Å². The van der Waals surface area contributed by atoms with Crippen LogP contribution in [0.4, 0.5) is 5.69 Å². The third kappa shape index (κ3) is 4.42. The molecular weight excluding hydrogens is 398 g/mol. The molecule has 4 rings (SSSR count). The Labute approximate surface area is 179 Å². The number of hydrogen-bond acceptors (Lipinski definition) is 7. The summed E-state index contributed by atoms with van der Waals surface area (Å²) in [6.45, 7) is 5.44. The number of nitrogens with zero attached hydrogens (tertiary/aromatic N) is 3. The van der Waals surface area contributed by atoms with Crippen LogP contribution in [0.3, 0.4) is 0 Å². The minimum Gasteiger partial charge on any atom is -0.485 e. The van der Waals surface area contributed by atoms with Gasteiger partial charge in [-0.3, -0.25) is 4.79 Å². The predicted molar refractivity (Wildman–Crippen MR) is 112 cm³/mol. The highest BCUT2D eigenvalue weighted by molar-refractivity contribution is 6.00. The zero-order valence-corrected chi connectivity index (χ0v) is 17.6. The number of carbonyl (C=O) groups is 2. The molecule has 0 radical (unpaired) electrons. The Kier molecular flexibility index (Phi) is 5.70. The van der Waals surface area contributed by atoms with Crippen LogP contribution >= 0.6 is 0 Å². The summed E-state index contributed by atoms with van der Waals surface area (Å²) in [5, 5.41) is 3.76. The largest absolute Gasteiger partial charge is 0.485 e. The maximum Gasteiger partial charge on any atom is 0.338 e. The van der Waals surface area contributed by atoms with Gasteiger partial charge in [0.15, 0.2) is 12.7 Å². The molecule has 8 nitrogen and oxygen atoms in total. The zero-order valence-electron chi connectivity index (χ0n) is 17.6. The standard InChI is InChI=1S/C23H23N3O5/c1-14-12-18-6-4-5-7-20(18)26(14)22(27)15(2)30-23(28)17-8-10-19(11-9-17)29-13-21-24-16(3)31-25-21/h4-11,14-15H,12-13H2,1-3H3/t14-,15+/m0/s1. The van der Waals surface area contributed by atoms with Crippen LogP contribution in [0.25, 0.3) is 0 Å². The van der Waals surface area contributed by atoms with Crippen LogP contribution in [0, 0.1) is 6.92 Å². The second-order valence-electron chi connectivity index (χ2n) is 7.48. The highest BCUT2D eigenvalue weighted by Gasteiger charge is 2.34. The van der Waals surface area contributed by atoms with Crippen LogP contribution in [0.15, 0.2) is 53.1 Å². The fraction of sp³-hybridized carbons (Fsp3) is 0.304. The first-order valence-corrected chi connectivity index (χ1v) is 10.1. The summed E-state index contributed by atoms with van der Waals surface area (Å²) in [5.41, 5.74) is 2.33. The second kappa shape index (κ2) is 8.59. The van der Waals surface area contributed by atoms with Crippen molar-refractivity contribution in [1.82, 2.24) is 10.1 Å². The van der Waals surface area contributed by atoms with E-state index in [-0.39, 0.29) is 18.6 Å². The molecule has 0 saturated carbocycles. The molecule has 0 fully saturated rings. The highest BCUT2D eigenvalue weighted by atomic mass is 16.5. The smallest absolute Gasteiger partial charge is 0.338 e. The van der Waals surface area contributed by atoms with Crippen molar-refractivity contribution >= 4 is 17.6 Å². The number of aromatic nitrogens is 2. The van der Waals surface area contributed by atoms with Gasteiger partial charge in [-0.05, 0) is 56.2 Å². The summed E-state index contributed by atoms with van der Waals surface area (Å²) >= 11 is 0. The molecule has 1 aromatic heterocycles. The van der Waals surface area contributed by atoms with E-state index in [1.807, 2.05) is 31.2 Å². The molecule has 1 amide bonds. The molecule has 2 aromatic carbocycles. The lowest BCUT2D eigenvalue weighted by molar-refractivity contribution is -0.126. The lowest BCUT2D eigenvalue weighted by atomic mass is 10.1. The number of ether oxygens (including phenoxy) is 2. The molecule has 2 heterocycles. The van der Waals surface area contributed by atoms with Gasteiger partial charge in [-0.15, -0.1) is 0 Å². The number of esters is 1. The van der Waals surface area contributed by atoms with Crippen LogP contribution in [0.1, 0.15) is 41.5 Å². The Morgan fingerprint density at radius 3 is 2.65 bits per heavy atom. The number of benzene rings is 2. The molecule has 31 heavy (non-hydrogen) atoms. The van der Waals surface area contributed by atoms with Crippen LogP contribution in [-0.2, 0) is 22.6 Å². The molecule has 3 aromatic rings. The van der Waals surface area contributed by atoms with E-state index < -0.39 is 12.1 Å². The van der Waals surface area contributed by atoms with Crippen molar-refractivity contribution in [2.75, 3.05) is 4.90 Å². The van der Waals surface area contributed by atoms with Gasteiger partial charge >= 0.3 is 5.97 Å². The minimum atomic E-state index is -0.904. The normalized spacial score (nSPS) is 16.0. The van der Waals surface area contributed by atoms with Gasteiger partial charge in [0.05, 0.1) is 5.56 Å². The molecule has 0 bridgehead atoms. The molecule has 1 aliphatic heterocycles. The van der Waals surface area contributed by atoms with Crippen molar-refractivity contribution < 1.29 is 23.6 Å². The Morgan fingerprint density at radius 2 is 1.94 bits per heavy atom. The van der Waals surface area contributed by atoms with Crippen molar-refractivity contribution in [3.05, 3.63) is 71.4 Å². The number of fused-ring (bicyclic) bond motifs is 1. The monoisotopic (exact) mass is 421 g/mol. The average Bonchev–Trinajstić information content (AvgIpc) is 3.33. The van der Waals surface area contributed by atoms with E-state index in [2.05, 4.69) is 10.1 Å². The quantitative estimate of drug-likeness (QED) is 0.562. The Bertz CT molecular complexity index is 1090. The Hall–Kier alpha value is -3.68. The van der Waals surface area contributed by atoms with E-state index >= 15 is 0 Å². The predicted octanol–water partition coefficient (Wildman–Crippen LogP) is 3.48. The molecule has 160 valence electrons. The van der Waals surface area contributed by atoms with Gasteiger partial charge < -0.3 is 18.9 Å². The topological polar surface area (TPSA) is 94.8 Å². The highest BCUT2D eigenvalue weighted by Crippen LogP contribution is 2.32. The number of rotatable bonds is 6. The third-order valence-electron chi connectivity index (χ3n) is 5.10. The lowest BCUT2D eigenvalue weighted by Gasteiger charge is -2.26. The number of amides is 1. The summed E-state index contributed by atoms with van der Waals surface area (Å²) in [5.74, 6) is 0.645. The Morgan fingerprint density at radius 1 is 1.19 bits per heavy atom. The van der Waals surface area contributed by atoms with Gasteiger partial charge in [-0.25, -0.2) is 4.79 Å². The summed E-state index contributed by atoms with van der Waals surface area (Å²) in [6.07, 6.45) is -0.119. The maximum atomic E-state index is 13.0. The van der Waals surface area contributed by atoms with Crippen molar-refractivity contribution in [3.63, 3.8) is 0 Å². The van der Waals surface area contributed by atoms with Crippen molar-refractivity contribution in [1.29, 1.82) is 0 Å². The van der Waals surface area contributed by atoms with E-state index in [4.69, 9.17) is 14.0 Å². The first-order chi connectivity index (χ1) is 14.9. The molecule has 0 N–H and O–H groups in total. The molecule has 2 atom stereocenters. The van der Waals surface area contributed by atoms with Gasteiger partial charge in [0, 0.05) is 18.7 Å². The van der Waals surface area contributed by atoms with E-state index in [0.29, 0.717) is 23.0 Å². The second-order valence-corrected chi connectivity index (χ2v) is 7.48. The average molecular weight is 421 g/mol. The summed E-state index contributed by atoms with van der Waals surface area (Å²) < 4.78 is 15.9. The van der Waals surface area contributed by atoms with E-state index in [1.165, 1.54) is 0 Å². The minimum absolute atomic E-state index is 0.0190. The van der Waals surface area contributed by atoms with E-state index in [1.54, 1.807) is 43.0 Å². The fourth-order valence-electron chi connectivity index (χ4n) is 3.61. The maximum absolute atomic E-state index is 13.0. The fourth-order valence-corrected chi connectivity index (χ4v) is 3.61. The first-order valence-electron chi connectivity index (χ1n) is 10.1. The number of anilines is 1. The molecular formula is C23H23N3O5. The molecule has 0 spiro atoms. The molecule has 0 unspecified atom stereocenters. The Balaban J connectivity index is 1.36. The van der Waals surface area contributed by atoms with Crippen LogP contribution in [0.5, 0.6) is 5.75 Å². The van der Waals surface area contributed by atoms with Crippen molar-refractivity contribution in [2.45, 2.75) is 45.9 Å². The SMILES string of the molecule is Cc1nc(COc2ccc(C(=O)O[C@H](C)C(=O)N3c4ccccc4C[C@@H]3C)cc2)no1. The van der Waals surface area contributed by atoms with Gasteiger partial charge in [0.2, 0.25) is 11.7 Å². The lowest BCUT2D eigenvalue weighted by Crippen LogP contribution is -2.43. The van der Waals surface area contributed by atoms with E-state index in [0.717, 1.165) is 17.7 Å². The summed E-state index contributed by atoms with van der Waals surface area (Å²) in [4.78, 5) is 31.3. The van der Waals surface area contributed by atoms with Gasteiger partial charge in [-0.1, -0.05) is 23.4 Å². The molecule has 1 aliphatic rings. The van der Waals surface area contributed by atoms with Crippen LogP contribution in [0.2, 0.25) is 0 Å². The van der Waals surface area contributed by atoms with Crippen molar-refractivity contribution in [2.24, 2.45) is 0 Å². The van der Waals surface area contributed by atoms with Crippen molar-refractivity contribution in [3.8, 4) is 5.75 Å². The third-order valence-corrected chi connectivity index (χ3v) is 5.10. The summed E-state index contributed by atoms with van der Waals surface area (Å²) in [7, 11) is 0. The summed E-state index contributed by atoms with van der Waals surface area (Å²) in [6, 6.07) is 14.3. The van der Waals surface area contributed by atoms with Gasteiger partial charge in [0.1, 0.15) is 5.75 Å².